The molecule has 84 valence electrons. The molecule has 5 nitrogen and oxygen atoms in total. The first kappa shape index (κ1) is 12.1. The fourth-order valence-electron chi connectivity index (χ4n) is 1.78. The Hall–Kier alpha value is 0.0700. The molecule has 0 atom stereocenters. The zero-order valence-corrected chi connectivity index (χ0v) is 9.54. The average molecular weight is 223 g/mol. The summed E-state index contributed by atoms with van der Waals surface area (Å²) in [4.78, 5) is 19.5. The van der Waals surface area contributed by atoms with E-state index in [2.05, 4.69) is 0 Å². The molecule has 0 bridgehead atoms. The van der Waals surface area contributed by atoms with Crippen molar-refractivity contribution in [2.75, 3.05) is 13.1 Å². The third-order valence-corrected chi connectivity index (χ3v) is 3.14. The molecule has 0 aromatic carbocycles. The second-order valence-electron chi connectivity index (χ2n) is 4.08. The van der Waals surface area contributed by atoms with Gasteiger partial charge >= 0.3 is 7.82 Å². The summed E-state index contributed by atoms with van der Waals surface area (Å²) in [6.45, 7) is 5.06. The number of hydrogen-bond acceptors (Lipinski definition) is 3. The zero-order chi connectivity index (χ0) is 10.8. The molecule has 2 N–H and O–H groups in total. The second kappa shape index (κ2) is 4.29. The van der Waals surface area contributed by atoms with E-state index in [-0.39, 0.29) is 0 Å². The van der Waals surface area contributed by atoms with Crippen molar-refractivity contribution in [2.24, 2.45) is 0 Å². The molecular weight excluding hydrogens is 205 g/mol. The average Bonchev–Trinajstić information content (AvgIpc) is 2.01. The van der Waals surface area contributed by atoms with Crippen LogP contribution < -0.4 is 0 Å². The molecule has 0 spiro atoms. The van der Waals surface area contributed by atoms with E-state index in [1.807, 2.05) is 4.90 Å². The number of phosphoric ester groups is 1. The molecule has 0 radical (unpaired) electrons. The van der Waals surface area contributed by atoms with Crippen molar-refractivity contribution < 1.29 is 18.9 Å². The Labute approximate surface area is 84.3 Å². The van der Waals surface area contributed by atoms with Crippen LogP contribution in [0.2, 0.25) is 0 Å². The number of hydrogen-bond donors (Lipinski definition) is 2. The van der Waals surface area contributed by atoms with E-state index in [4.69, 9.17) is 14.3 Å². The lowest BCUT2D eigenvalue weighted by Crippen LogP contribution is -2.47. The van der Waals surface area contributed by atoms with Crippen LogP contribution in [0.25, 0.3) is 0 Å². The predicted octanol–water partition coefficient (Wildman–Crippen LogP) is 1.32. The topological polar surface area (TPSA) is 70.0 Å². The summed E-state index contributed by atoms with van der Waals surface area (Å²) in [5.41, 5.74) is -0.876. The highest BCUT2D eigenvalue weighted by Crippen LogP contribution is 2.42. The summed E-state index contributed by atoms with van der Waals surface area (Å²) in [6, 6.07) is 0. The molecule has 1 saturated heterocycles. The Bertz CT molecular complexity index is 231. The van der Waals surface area contributed by atoms with Crippen molar-refractivity contribution >= 4 is 7.82 Å². The fraction of sp³-hybridized carbons (Fsp3) is 1.00. The molecule has 0 aliphatic carbocycles. The van der Waals surface area contributed by atoms with Gasteiger partial charge < -0.3 is 9.79 Å². The minimum atomic E-state index is -4.40. The van der Waals surface area contributed by atoms with E-state index in [0.29, 0.717) is 0 Å². The summed E-state index contributed by atoms with van der Waals surface area (Å²) in [5, 5.41) is 0. The molecule has 6 heteroatoms. The molecule has 14 heavy (non-hydrogen) atoms. The first-order chi connectivity index (χ1) is 6.31. The van der Waals surface area contributed by atoms with E-state index in [1.165, 1.54) is 6.42 Å². The Kier molecular flexibility index (Phi) is 3.72. The minimum absolute atomic E-state index is 0.840. The monoisotopic (exact) mass is 223 g/mol. The van der Waals surface area contributed by atoms with Crippen LogP contribution in [0.1, 0.15) is 33.1 Å². The van der Waals surface area contributed by atoms with Crippen LogP contribution in [-0.2, 0) is 9.09 Å². The van der Waals surface area contributed by atoms with Crippen LogP contribution in [-0.4, -0.2) is 33.5 Å². The molecule has 0 saturated carbocycles. The van der Waals surface area contributed by atoms with E-state index in [9.17, 15) is 4.57 Å². The van der Waals surface area contributed by atoms with Crippen molar-refractivity contribution in [3.63, 3.8) is 0 Å². The largest absolute Gasteiger partial charge is 0.471 e. The zero-order valence-electron chi connectivity index (χ0n) is 8.64. The summed E-state index contributed by atoms with van der Waals surface area (Å²) in [7, 11) is -4.40. The van der Waals surface area contributed by atoms with Gasteiger partial charge in [0.15, 0.2) is 0 Å². The highest BCUT2D eigenvalue weighted by Gasteiger charge is 2.35. The van der Waals surface area contributed by atoms with Gasteiger partial charge in [-0.25, -0.2) is 4.57 Å². The van der Waals surface area contributed by atoms with Gasteiger partial charge in [-0.3, -0.25) is 9.42 Å². The maximum Gasteiger partial charge on any atom is 0.471 e. The highest BCUT2D eigenvalue weighted by atomic mass is 31.2. The van der Waals surface area contributed by atoms with Gasteiger partial charge in [0, 0.05) is 13.1 Å². The van der Waals surface area contributed by atoms with Gasteiger partial charge in [-0.05, 0) is 26.7 Å². The van der Waals surface area contributed by atoms with Crippen molar-refractivity contribution in [1.82, 2.24) is 4.90 Å². The van der Waals surface area contributed by atoms with Crippen molar-refractivity contribution in [2.45, 2.75) is 38.8 Å². The normalized spacial score (nSPS) is 21.1. The van der Waals surface area contributed by atoms with Crippen molar-refractivity contribution in [3.05, 3.63) is 0 Å². The Morgan fingerprint density at radius 2 is 1.71 bits per heavy atom. The molecule has 0 amide bonds. The van der Waals surface area contributed by atoms with Gasteiger partial charge in [0.2, 0.25) is 0 Å². The number of nitrogens with zero attached hydrogens (tertiary/aromatic N) is 1. The third-order valence-electron chi connectivity index (χ3n) is 2.46. The van der Waals surface area contributed by atoms with Crippen LogP contribution in [0.15, 0.2) is 0 Å². The van der Waals surface area contributed by atoms with E-state index in [0.717, 1.165) is 25.9 Å². The second-order valence-corrected chi connectivity index (χ2v) is 5.24. The standard InChI is InChI=1S/C8H18NO4P/c1-8(2,13-14(10,11)12)9-6-4-3-5-7-9/h3-7H2,1-2H3,(H2,10,11,12). The Morgan fingerprint density at radius 3 is 2.14 bits per heavy atom. The Morgan fingerprint density at radius 1 is 1.21 bits per heavy atom. The van der Waals surface area contributed by atoms with Crippen molar-refractivity contribution in [3.8, 4) is 0 Å². The SMILES string of the molecule is CC(C)(OP(=O)(O)O)N1CCCCC1. The van der Waals surface area contributed by atoms with E-state index in [1.54, 1.807) is 13.8 Å². The van der Waals surface area contributed by atoms with E-state index >= 15 is 0 Å². The van der Waals surface area contributed by atoms with E-state index < -0.39 is 13.5 Å². The van der Waals surface area contributed by atoms with Gasteiger partial charge in [-0.15, -0.1) is 0 Å². The lowest BCUT2D eigenvalue weighted by atomic mass is 10.1. The van der Waals surface area contributed by atoms with Crippen LogP contribution in [0, 0.1) is 0 Å². The van der Waals surface area contributed by atoms with Crippen molar-refractivity contribution in [1.29, 1.82) is 0 Å². The highest BCUT2D eigenvalue weighted by molar-refractivity contribution is 7.46. The predicted molar refractivity (Wildman–Crippen MR) is 52.6 cm³/mol. The van der Waals surface area contributed by atoms with Gasteiger partial charge in [0.05, 0.1) is 0 Å². The molecule has 0 aromatic heterocycles. The molecule has 1 heterocycles. The first-order valence-electron chi connectivity index (χ1n) is 4.83. The van der Waals surface area contributed by atoms with Crippen LogP contribution in [0.5, 0.6) is 0 Å². The molecule has 1 rings (SSSR count). The van der Waals surface area contributed by atoms with Crippen LogP contribution >= 0.6 is 7.82 Å². The molecule has 0 aromatic rings. The maximum atomic E-state index is 10.7. The molecule has 1 aliphatic rings. The van der Waals surface area contributed by atoms with Gasteiger partial charge in [0.25, 0.3) is 0 Å². The number of phosphoric acid groups is 1. The summed E-state index contributed by atoms with van der Waals surface area (Å²) >= 11 is 0. The maximum absolute atomic E-state index is 10.7. The lowest BCUT2D eigenvalue weighted by molar-refractivity contribution is -0.0796. The minimum Gasteiger partial charge on any atom is -0.303 e. The molecule has 1 aliphatic heterocycles. The lowest BCUT2D eigenvalue weighted by Gasteiger charge is -2.40. The van der Waals surface area contributed by atoms with Gasteiger partial charge in [-0.1, -0.05) is 6.42 Å². The third kappa shape index (κ3) is 3.67. The fourth-order valence-corrected chi connectivity index (χ4v) is 2.48. The molecular formula is C8H18NO4P. The van der Waals surface area contributed by atoms with Crippen LogP contribution in [0.4, 0.5) is 0 Å². The quantitative estimate of drug-likeness (QED) is 0.706. The number of piperidine rings is 1. The number of rotatable bonds is 3. The van der Waals surface area contributed by atoms with Gasteiger partial charge in [0.1, 0.15) is 5.72 Å². The summed E-state index contributed by atoms with van der Waals surface area (Å²) in [5.74, 6) is 0. The van der Waals surface area contributed by atoms with Gasteiger partial charge in [-0.2, -0.15) is 0 Å². The summed E-state index contributed by atoms with van der Waals surface area (Å²) in [6.07, 6.45) is 3.31. The smallest absolute Gasteiger partial charge is 0.303 e. The number of likely N-dealkylation sites (tertiary alicyclic amines) is 1. The molecule has 1 fully saturated rings. The molecule has 0 unspecified atom stereocenters. The first-order valence-corrected chi connectivity index (χ1v) is 6.36. The van der Waals surface area contributed by atoms with Crippen LogP contribution in [0.3, 0.4) is 0 Å². The Balaban J connectivity index is 2.58. The summed E-state index contributed by atoms with van der Waals surface area (Å²) < 4.78 is 15.5.